The van der Waals surface area contributed by atoms with Crippen molar-refractivity contribution in [2.75, 3.05) is 0 Å². The second-order valence-corrected chi connectivity index (χ2v) is 5.27. The maximum absolute atomic E-state index is 12.5. The fourth-order valence-corrected chi connectivity index (χ4v) is 2.28. The van der Waals surface area contributed by atoms with Crippen LogP contribution < -0.4 is 5.32 Å². The average molecular weight is 330 g/mol. The lowest BCUT2D eigenvalue weighted by atomic mass is 10.1. The Hall–Kier alpha value is -2.89. The molecule has 2 aromatic carbocycles. The molecule has 6 heteroatoms. The van der Waals surface area contributed by atoms with E-state index in [0.29, 0.717) is 11.1 Å². The van der Waals surface area contributed by atoms with Crippen molar-refractivity contribution in [1.29, 1.82) is 0 Å². The van der Waals surface area contributed by atoms with Gasteiger partial charge in [-0.25, -0.2) is 4.98 Å². The van der Waals surface area contributed by atoms with Crippen molar-refractivity contribution in [3.8, 4) is 0 Å². The number of hydrogen-bond acceptors (Lipinski definition) is 2. The van der Waals surface area contributed by atoms with Crippen molar-refractivity contribution < 1.29 is 18.0 Å². The van der Waals surface area contributed by atoms with Gasteiger partial charge in [-0.15, -0.1) is 0 Å². The molecule has 1 N–H and O–H groups in total. The van der Waals surface area contributed by atoms with E-state index in [0.717, 1.165) is 17.5 Å². The summed E-state index contributed by atoms with van der Waals surface area (Å²) >= 11 is 0. The minimum absolute atomic E-state index is 0.130. The lowest BCUT2D eigenvalue weighted by Crippen LogP contribution is -2.23. The topological polar surface area (TPSA) is 42.0 Å². The number of pyridine rings is 1. The third-order valence-corrected chi connectivity index (χ3v) is 3.57. The minimum Gasteiger partial charge on any atom is -0.347 e. The van der Waals surface area contributed by atoms with E-state index in [4.69, 9.17) is 0 Å². The molecule has 122 valence electrons. The fourth-order valence-electron chi connectivity index (χ4n) is 2.28. The first kappa shape index (κ1) is 16.0. The van der Waals surface area contributed by atoms with Gasteiger partial charge in [-0.05, 0) is 29.8 Å². The number of rotatable bonds is 3. The van der Waals surface area contributed by atoms with E-state index >= 15 is 0 Å². The predicted molar refractivity (Wildman–Crippen MR) is 84.4 cm³/mol. The smallest absolute Gasteiger partial charge is 0.347 e. The number of halogens is 3. The summed E-state index contributed by atoms with van der Waals surface area (Å²) in [5.74, 6) is -0.374. The van der Waals surface area contributed by atoms with Crippen LogP contribution in [0.5, 0.6) is 0 Å². The Labute approximate surface area is 136 Å². The number of carbonyl (C=O) groups excluding carboxylic acids is 1. The van der Waals surface area contributed by atoms with E-state index < -0.39 is 11.7 Å². The molecule has 0 bridgehead atoms. The lowest BCUT2D eigenvalue weighted by Gasteiger charge is -2.09. The van der Waals surface area contributed by atoms with E-state index in [1.165, 1.54) is 12.1 Å². The van der Waals surface area contributed by atoms with E-state index in [2.05, 4.69) is 10.3 Å². The molecule has 1 aromatic heterocycles. The summed E-state index contributed by atoms with van der Waals surface area (Å²) in [6, 6.07) is 15.5. The third kappa shape index (κ3) is 3.53. The van der Waals surface area contributed by atoms with Crippen LogP contribution in [0.3, 0.4) is 0 Å². The Kier molecular flexibility index (Phi) is 4.20. The van der Waals surface area contributed by atoms with Crippen LogP contribution in [0.4, 0.5) is 13.2 Å². The number of carbonyl (C=O) groups is 1. The molecule has 0 spiro atoms. The average Bonchev–Trinajstić information content (AvgIpc) is 2.59. The monoisotopic (exact) mass is 330 g/mol. The van der Waals surface area contributed by atoms with Crippen LogP contribution in [0.1, 0.15) is 21.6 Å². The summed E-state index contributed by atoms with van der Waals surface area (Å²) in [5, 5.41) is 3.58. The molecule has 3 rings (SSSR count). The highest BCUT2D eigenvalue weighted by Gasteiger charge is 2.29. The molecule has 0 aliphatic rings. The molecule has 1 heterocycles. The number of amides is 1. The van der Waals surface area contributed by atoms with E-state index in [-0.39, 0.29) is 18.1 Å². The summed E-state index contributed by atoms with van der Waals surface area (Å²) in [5.41, 5.74) is 0.839. The molecule has 0 atom stereocenters. The Morgan fingerprint density at radius 2 is 1.67 bits per heavy atom. The van der Waals surface area contributed by atoms with E-state index in [1.807, 2.05) is 24.3 Å². The molecule has 0 aliphatic heterocycles. The zero-order chi connectivity index (χ0) is 17.2. The highest BCUT2D eigenvalue weighted by atomic mass is 19.4. The summed E-state index contributed by atoms with van der Waals surface area (Å²) in [6.07, 6.45) is -4.36. The normalized spacial score (nSPS) is 11.5. The number of nitrogens with one attached hydrogen (secondary N) is 1. The van der Waals surface area contributed by atoms with Gasteiger partial charge in [-0.3, -0.25) is 4.79 Å². The molecule has 1 amide bonds. The molecular formula is C18H13F3N2O. The molecule has 0 aliphatic carbocycles. The third-order valence-electron chi connectivity index (χ3n) is 3.57. The van der Waals surface area contributed by atoms with Gasteiger partial charge in [0, 0.05) is 11.9 Å². The fraction of sp³-hybridized carbons (Fsp3) is 0.111. The number of hydrogen-bond donors (Lipinski definition) is 1. The predicted octanol–water partition coefficient (Wildman–Crippen LogP) is 4.18. The molecule has 3 nitrogen and oxygen atoms in total. The molecule has 24 heavy (non-hydrogen) atoms. The largest absolute Gasteiger partial charge is 0.416 e. The highest BCUT2D eigenvalue weighted by Crippen LogP contribution is 2.29. The summed E-state index contributed by atoms with van der Waals surface area (Å²) in [4.78, 5) is 16.4. The Morgan fingerprint density at radius 1 is 0.958 bits per heavy atom. The number of nitrogens with zero attached hydrogens (tertiary/aromatic N) is 1. The quantitative estimate of drug-likeness (QED) is 0.783. The molecule has 3 aromatic rings. The van der Waals surface area contributed by atoms with Crippen molar-refractivity contribution in [3.05, 3.63) is 77.5 Å². The van der Waals surface area contributed by atoms with Crippen LogP contribution in [-0.2, 0) is 12.7 Å². The number of benzene rings is 2. The number of alkyl halides is 3. The summed E-state index contributed by atoms with van der Waals surface area (Å²) in [7, 11) is 0. The van der Waals surface area contributed by atoms with Gasteiger partial charge in [0.15, 0.2) is 0 Å². The van der Waals surface area contributed by atoms with Crippen molar-refractivity contribution in [2.24, 2.45) is 0 Å². The van der Waals surface area contributed by atoms with Crippen LogP contribution in [0.2, 0.25) is 0 Å². The van der Waals surface area contributed by atoms with Crippen LogP contribution in [0, 0.1) is 0 Å². The van der Waals surface area contributed by atoms with Crippen molar-refractivity contribution >= 4 is 16.8 Å². The van der Waals surface area contributed by atoms with Crippen LogP contribution in [0.15, 0.2) is 60.7 Å². The first-order valence-corrected chi connectivity index (χ1v) is 7.23. The molecule has 0 unspecified atom stereocenters. The van der Waals surface area contributed by atoms with Gasteiger partial charge in [0.05, 0.1) is 11.1 Å². The maximum atomic E-state index is 12.5. The van der Waals surface area contributed by atoms with Crippen molar-refractivity contribution in [1.82, 2.24) is 10.3 Å². The van der Waals surface area contributed by atoms with Crippen LogP contribution in [0.25, 0.3) is 10.9 Å². The first-order chi connectivity index (χ1) is 11.4. The van der Waals surface area contributed by atoms with Gasteiger partial charge in [-0.1, -0.05) is 36.4 Å². The Balaban J connectivity index is 1.68. The molecule has 0 fully saturated rings. The maximum Gasteiger partial charge on any atom is 0.416 e. The second kappa shape index (κ2) is 6.31. The molecule has 0 saturated carbocycles. The zero-order valence-electron chi connectivity index (χ0n) is 12.5. The van der Waals surface area contributed by atoms with Gasteiger partial charge >= 0.3 is 6.18 Å². The van der Waals surface area contributed by atoms with Crippen LogP contribution >= 0.6 is 0 Å². The van der Waals surface area contributed by atoms with Crippen molar-refractivity contribution in [3.63, 3.8) is 0 Å². The van der Waals surface area contributed by atoms with Gasteiger partial charge in [0.1, 0.15) is 5.69 Å². The number of aromatic nitrogens is 1. The van der Waals surface area contributed by atoms with E-state index in [1.54, 1.807) is 12.1 Å². The van der Waals surface area contributed by atoms with Gasteiger partial charge in [0.2, 0.25) is 0 Å². The standard InChI is InChI=1S/C18H13F3N2O/c19-18(20,21)14-8-5-12(6-9-14)11-22-17(24)16-10-7-13-3-1-2-4-15(13)23-16/h1-10H,11H2,(H,22,24). The summed E-state index contributed by atoms with van der Waals surface area (Å²) < 4.78 is 37.5. The SMILES string of the molecule is O=C(NCc1ccc(C(F)(F)F)cc1)c1ccc2ccccc2n1. The van der Waals surface area contributed by atoms with Gasteiger partial charge < -0.3 is 5.32 Å². The number of fused-ring (bicyclic) bond motifs is 1. The lowest BCUT2D eigenvalue weighted by molar-refractivity contribution is -0.137. The zero-order valence-corrected chi connectivity index (χ0v) is 12.5. The summed E-state index contributed by atoms with van der Waals surface area (Å²) in [6.45, 7) is 0.130. The highest BCUT2D eigenvalue weighted by molar-refractivity contribution is 5.94. The second-order valence-electron chi connectivity index (χ2n) is 5.27. The molecule has 0 radical (unpaired) electrons. The van der Waals surface area contributed by atoms with Gasteiger partial charge in [-0.2, -0.15) is 13.2 Å². The Morgan fingerprint density at radius 3 is 2.38 bits per heavy atom. The number of para-hydroxylation sites is 1. The first-order valence-electron chi connectivity index (χ1n) is 7.23. The molecule has 0 saturated heterocycles. The van der Waals surface area contributed by atoms with Crippen LogP contribution in [-0.4, -0.2) is 10.9 Å². The molecular weight excluding hydrogens is 317 g/mol. The van der Waals surface area contributed by atoms with Crippen molar-refractivity contribution in [2.45, 2.75) is 12.7 Å². The van der Waals surface area contributed by atoms with E-state index in [9.17, 15) is 18.0 Å². The minimum atomic E-state index is -4.36. The van der Waals surface area contributed by atoms with Gasteiger partial charge in [0.25, 0.3) is 5.91 Å². The Bertz CT molecular complexity index is 873.